The highest BCUT2D eigenvalue weighted by Crippen LogP contribution is 2.21. The maximum absolute atomic E-state index is 11.9. The number of hydrogen-bond acceptors (Lipinski definition) is 3. The molecule has 0 saturated carbocycles. The van der Waals surface area contributed by atoms with E-state index in [0.717, 1.165) is 0 Å². The van der Waals surface area contributed by atoms with Crippen LogP contribution in [-0.4, -0.2) is 17.1 Å². The van der Waals surface area contributed by atoms with E-state index in [1.807, 2.05) is 6.07 Å². The van der Waals surface area contributed by atoms with Crippen molar-refractivity contribution in [1.29, 1.82) is 0 Å². The molecule has 0 atom stereocenters. The Labute approximate surface area is 126 Å². The van der Waals surface area contributed by atoms with E-state index in [4.69, 9.17) is 22.5 Å². The lowest BCUT2D eigenvalue weighted by Crippen LogP contribution is -2.23. The summed E-state index contributed by atoms with van der Waals surface area (Å²) in [6.07, 6.45) is 0. The number of amides is 2. The van der Waals surface area contributed by atoms with Gasteiger partial charge in [-0.05, 0) is 30.3 Å². The van der Waals surface area contributed by atoms with Crippen LogP contribution in [0.2, 0.25) is 5.02 Å². The molecule has 0 heterocycles. The van der Waals surface area contributed by atoms with E-state index < -0.39 is 6.03 Å². The van der Waals surface area contributed by atoms with Gasteiger partial charge in [0, 0.05) is 16.3 Å². The van der Waals surface area contributed by atoms with Crippen molar-refractivity contribution in [1.82, 2.24) is 0 Å². The van der Waals surface area contributed by atoms with E-state index in [9.17, 15) is 4.79 Å². The van der Waals surface area contributed by atoms with Crippen LogP contribution >= 0.6 is 11.6 Å². The number of carbonyl (C=O) groups is 1. The highest BCUT2D eigenvalue weighted by molar-refractivity contribution is 6.31. The molecule has 0 aliphatic heterocycles. The van der Waals surface area contributed by atoms with Crippen molar-refractivity contribution in [3.05, 3.63) is 59.1 Å². The molecule has 0 fully saturated rings. The van der Waals surface area contributed by atoms with Gasteiger partial charge in [0.1, 0.15) is 0 Å². The third kappa shape index (κ3) is 3.87. The summed E-state index contributed by atoms with van der Waals surface area (Å²) < 4.78 is 0. The van der Waals surface area contributed by atoms with Gasteiger partial charge >= 0.3 is 6.03 Å². The van der Waals surface area contributed by atoms with Gasteiger partial charge in [0.15, 0.2) is 5.84 Å². The third-order valence-electron chi connectivity index (χ3n) is 2.65. The average molecular weight is 305 g/mol. The lowest BCUT2D eigenvalue weighted by molar-refractivity contribution is 0.262. The molecule has 21 heavy (non-hydrogen) atoms. The van der Waals surface area contributed by atoms with Crippen LogP contribution in [0.3, 0.4) is 0 Å². The van der Waals surface area contributed by atoms with E-state index in [-0.39, 0.29) is 5.84 Å². The zero-order chi connectivity index (χ0) is 15.2. The molecule has 0 unspecified atom stereocenters. The molecule has 0 spiro atoms. The average Bonchev–Trinajstić information content (AvgIpc) is 2.47. The molecular weight excluding hydrogens is 292 g/mol. The van der Waals surface area contributed by atoms with Crippen LogP contribution in [0.15, 0.2) is 53.7 Å². The van der Waals surface area contributed by atoms with E-state index in [1.54, 1.807) is 36.4 Å². The minimum atomic E-state index is -0.463. The van der Waals surface area contributed by atoms with Crippen molar-refractivity contribution in [2.24, 2.45) is 10.9 Å². The fraction of sp³-hybridized carbons (Fsp3) is 0. The van der Waals surface area contributed by atoms with Gasteiger partial charge in [-0.3, -0.25) is 0 Å². The molecule has 7 heteroatoms. The predicted octanol–water partition coefficient (Wildman–Crippen LogP) is 3.08. The molecule has 5 N–H and O–H groups in total. The summed E-state index contributed by atoms with van der Waals surface area (Å²) in [6, 6.07) is 13.1. The molecule has 108 valence electrons. The molecule has 2 amide bonds. The van der Waals surface area contributed by atoms with Gasteiger partial charge < -0.3 is 21.6 Å². The van der Waals surface area contributed by atoms with Gasteiger partial charge in [0.2, 0.25) is 0 Å². The normalized spacial score (nSPS) is 11.0. The summed E-state index contributed by atoms with van der Waals surface area (Å²) in [4.78, 5) is 11.9. The molecule has 0 radical (unpaired) electrons. The number of urea groups is 1. The Morgan fingerprint density at radius 1 is 1.14 bits per heavy atom. The Morgan fingerprint density at radius 3 is 2.52 bits per heavy atom. The zero-order valence-corrected chi connectivity index (χ0v) is 11.6. The molecular formula is C14H13ClN4O2. The Balaban J connectivity index is 2.19. The molecule has 2 rings (SSSR count). The van der Waals surface area contributed by atoms with Gasteiger partial charge in [-0.2, -0.15) is 0 Å². The van der Waals surface area contributed by atoms with Crippen molar-refractivity contribution >= 4 is 34.8 Å². The summed E-state index contributed by atoms with van der Waals surface area (Å²) in [6.45, 7) is 0. The highest BCUT2D eigenvalue weighted by atomic mass is 35.5. The van der Waals surface area contributed by atoms with Crippen LogP contribution < -0.4 is 16.4 Å². The van der Waals surface area contributed by atoms with Crippen molar-refractivity contribution in [3.63, 3.8) is 0 Å². The van der Waals surface area contributed by atoms with Gasteiger partial charge in [-0.15, -0.1) is 0 Å². The second-order valence-corrected chi connectivity index (χ2v) is 4.56. The number of nitrogens with zero attached hydrogens (tertiary/aromatic N) is 1. The van der Waals surface area contributed by atoms with Crippen molar-refractivity contribution < 1.29 is 10.0 Å². The number of benzene rings is 2. The van der Waals surface area contributed by atoms with Gasteiger partial charge in [-0.25, -0.2) is 4.79 Å². The summed E-state index contributed by atoms with van der Waals surface area (Å²) in [5.41, 5.74) is 6.90. The smallest absolute Gasteiger partial charge is 0.323 e. The topological polar surface area (TPSA) is 99.7 Å². The van der Waals surface area contributed by atoms with Crippen LogP contribution in [-0.2, 0) is 0 Å². The lowest BCUT2D eigenvalue weighted by Gasteiger charge is -2.11. The van der Waals surface area contributed by atoms with Crippen LogP contribution in [0.25, 0.3) is 0 Å². The number of hydrogen-bond donors (Lipinski definition) is 4. The zero-order valence-electron chi connectivity index (χ0n) is 10.9. The standard InChI is InChI=1S/C14H13ClN4O2/c15-9-6-7-11(13(16)19-21)12(8-9)18-14(20)17-10-4-2-1-3-5-10/h1-8,21H,(H2,16,19)(H2,17,18,20). The lowest BCUT2D eigenvalue weighted by atomic mass is 10.1. The first-order valence-electron chi connectivity index (χ1n) is 6.00. The maximum atomic E-state index is 11.9. The molecule has 0 bridgehead atoms. The summed E-state index contributed by atoms with van der Waals surface area (Å²) >= 11 is 5.89. The van der Waals surface area contributed by atoms with Crippen molar-refractivity contribution in [2.75, 3.05) is 10.6 Å². The SMILES string of the molecule is NC(=NO)c1ccc(Cl)cc1NC(=O)Nc1ccccc1. The fourth-order valence-corrected chi connectivity index (χ4v) is 1.88. The molecule has 0 aromatic heterocycles. The van der Waals surface area contributed by atoms with E-state index in [1.165, 1.54) is 6.07 Å². The minimum Gasteiger partial charge on any atom is -0.409 e. The van der Waals surface area contributed by atoms with Gasteiger partial charge in [0.05, 0.1) is 5.69 Å². The van der Waals surface area contributed by atoms with Crippen LogP contribution in [0.4, 0.5) is 16.2 Å². The summed E-state index contributed by atoms with van der Waals surface area (Å²) in [7, 11) is 0. The third-order valence-corrected chi connectivity index (χ3v) is 2.88. The molecule has 6 nitrogen and oxygen atoms in total. The Morgan fingerprint density at radius 2 is 1.86 bits per heavy atom. The van der Waals surface area contributed by atoms with Crippen LogP contribution in [0.5, 0.6) is 0 Å². The number of amidine groups is 1. The molecule has 2 aromatic rings. The fourth-order valence-electron chi connectivity index (χ4n) is 1.70. The second-order valence-electron chi connectivity index (χ2n) is 4.12. The maximum Gasteiger partial charge on any atom is 0.323 e. The Bertz CT molecular complexity index is 674. The number of carbonyl (C=O) groups excluding carboxylic acids is 1. The molecule has 0 saturated heterocycles. The van der Waals surface area contributed by atoms with Crippen molar-refractivity contribution in [3.8, 4) is 0 Å². The number of nitrogens with two attached hydrogens (primary N) is 1. The predicted molar refractivity (Wildman–Crippen MR) is 83.0 cm³/mol. The summed E-state index contributed by atoms with van der Waals surface area (Å²) in [5, 5.41) is 17.4. The molecule has 2 aromatic carbocycles. The van der Waals surface area contributed by atoms with Crippen LogP contribution in [0, 0.1) is 0 Å². The van der Waals surface area contributed by atoms with E-state index in [2.05, 4.69) is 15.8 Å². The molecule has 0 aliphatic rings. The first kappa shape index (κ1) is 14.7. The number of halogens is 1. The van der Waals surface area contributed by atoms with Crippen molar-refractivity contribution in [2.45, 2.75) is 0 Å². The number of oxime groups is 1. The molecule has 0 aliphatic carbocycles. The van der Waals surface area contributed by atoms with Crippen LogP contribution in [0.1, 0.15) is 5.56 Å². The first-order valence-corrected chi connectivity index (χ1v) is 6.38. The monoisotopic (exact) mass is 304 g/mol. The second kappa shape index (κ2) is 6.62. The Hall–Kier alpha value is -2.73. The Kier molecular flexibility index (Phi) is 4.63. The van der Waals surface area contributed by atoms with Gasteiger partial charge in [0.25, 0.3) is 0 Å². The van der Waals surface area contributed by atoms with E-state index >= 15 is 0 Å². The quantitative estimate of drug-likeness (QED) is 0.303. The minimum absolute atomic E-state index is 0.123. The highest BCUT2D eigenvalue weighted by Gasteiger charge is 2.11. The van der Waals surface area contributed by atoms with E-state index in [0.29, 0.717) is 22.0 Å². The number of para-hydroxylation sites is 1. The summed E-state index contributed by atoms with van der Waals surface area (Å²) in [5.74, 6) is -0.123. The number of nitrogens with one attached hydrogen (secondary N) is 2. The largest absolute Gasteiger partial charge is 0.409 e. The first-order chi connectivity index (χ1) is 10.1. The number of anilines is 2. The number of rotatable bonds is 3. The van der Waals surface area contributed by atoms with Gasteiger partial charge in [-0.1, -0.05) is 35.0 Å².